The van der Waals surface area contributed by atoms with Gasteiger partial charge in [0.15, 0.2) is 0 Å². The average Bonchev–Trinajstić information content (AvgIpc) is 2.46. The van der Waals surface area contributed by atoms with Gasteiger partial charge in [0.1, 0.15) is 5.82 Å². The van der Waals surface area contributed by atoms with Crippen molar-refractivity contribution in [2.45, 2.75) is 38.3 Å². The summed E-state index contributed by atoms with van der Waals surface area (Å²) in [6.45, 7) is 4.60. The predicted octanol–water partition coefficient (Wildman–Crippen LogP) is 3.33. The second kappa shape index (κ2) is 5.68. The van der Waals surface area contributed by atoms with Crippen molar-refractivity contribution in [3.05, 3.63) is 34.1 Å². The molecule has 0 amide bonds. The molecule has 4 heteroatoms. The molecule has 0 saturated carbocycles. The summed E-state index contributed by atoms with van der Waals surface area (Å²) in [6, 6.07) is 5.15. The van der Waals surface area contributed by atoms with Gasteiger partial charge >= 0.3 is 0 Å². The number of hydrogen-bond donors (Lipinski definition) is 1. The third-order valence-electron chi connectivity index (χ3n) is 3.55. The smallest absolute Gasteiger partial charge is 0.137 e. The van der Waals surface area contributed by atoms with E-state index >= 15 is 0 Å². The number of benzene rings is 1. The molecule has 100 valence electrons. The molecule has 0 bridgehead atoms. The summed E-state index contributed by atoms with van der Waals surface area (Å²) >= 11 is 3.21. The molecule has 0 spiro atoms. The van der Waals surface area contributed by atoms with Crippen LogP contribution in [0, 0.1) is 5.82 Å². The molecule has 1 unspecified atom stereocenters. The molecule has 1 aromatic rings. The Kier molecular flexibility index (Phi) is 4.41. The van der Waals surface area contributed by atoms with Gasteiger partial charge in [-0.05, 0) is 66.4 Å². The van der Waals surface area contributed by atoms with E-state index in [2.05, 4.69) is 20.8 Å². The normalized spacial score (nSPS) is 26.0. The molecular weight excluding hydrogens is 297 g/mol. The van der Waals surface area contributed by atoms with E-state index in [1.54, 1.807) is 0 Å². The van der Waals surface area contributed by atoms with E-state index in [0.29, 0.717) is 4.47 Å². The van der Waals surface area contributed by atoms with Crippen LogP contribution in [0.1, 0.15) is 31.7 Å². The molecule has 1 fully saturated rings. The Bertz CT molecular complexity index is 422. The van der Waals surface area contributed by atoms with Crippen LogP contribution in [0.4, 0.5) is 4.39 Å². The number of aliphatic hydroxyl groups is 1. The van der Waals surface area contributed by atoms with Gasteiger partial charge in [0.2, 0.25) is 0 Å². The fourth-order valence-corrected chi connectivity index (χ4v) is 2.80. The van der Waals surface area contributed by atoms with Crippen LogP contribution >= 0.6 is 15.9 Å². The second-order valence-electron chi connectivity index (χ2n) is 5.38. The summed E-state index contributed by atoms with van der Waals surface area (Å²) in [5, 5.41) is 10.0. The van der Waals surface area contributed by atoms with Crippen molar-refractivity contribution in [3.8, 4) is 0 Å². The maximum absolute atomic E-state index is 13.2. The van der Waals surface area contributed by atoms with Gasteiger partial charge in [0.05, 0.1) is 10.1 Å². The lowest BCUT2D eigenvalue weighted by molar-refractivity contribution is 0.0444. The Balaban J connectivity index is 1.98. The number of likely N-dealkylation sites (tertiary alicyclic amines) is 1. The van der Waals surface area contributed by atoms with Crippen molar-refractivity contribution in [2.75, 3.05) is 13.1 Å². The van der Waals surface area contributed by atoms with Crippen LogP contribution in [0.2, 0.25) is 0 Å². The summed E-state index contributed by atoms with van der Waals surface area (Å²) in [5.74, 6) is -0.224. The summed E-state index contributed by atoms with van der Waals surface area (Å²) in [7, 11) is 0. The molecule has 2 nitrogen and oxygen atoms in total. The Morgan fingerprint density at radius 1 is 1.39 bits per heavy atom. The molecule has 1 N–H and O–H groups in total. The SMILES string of the molecule is CC1(O)CCCN(Cc2ccc(F)c(Br)c2)CC1. The Morgan fingerprint density at radius 3 is 2.89 bits per heavy atom. The first-order valence-corrected chi connectivity index (χ1v) is 7.14. The third kappa shape index (κ3) is 3.77. The van der Waals surface area contributed by atoms with Crippen LogP contribution in [0.5, 0.6) is 0 Å². The van der Waals surface area contributed by atoms with E-state index in [1.165, 1.54) is 6.07 Å². The summed E-state index contributed by atoms with van der Waals surface area (Å²) < 4.78 is 13.7. The summed E-state index contributed by atoms with van der Waals surface area (Å²) in [6.07, 6.45) is 2.67. The molecule has 0 aromatic heterocycles. The van der Waals surface area contributed by atoms with E-state index in [1.807, 2.05) is 19.1 Å². The summed E-state index contributed by atoms with van der Waals surface area (Å²) in [4.78, 5) is 2.32. The molecule has 1 aromatic carbocycles. The third-order valence-corrected chi connectivity index (χ3v) is 4.15. The minimum Gasteiger partial charge on any atom is -0.390 e. The van der Waals surface area contributed by atoms with E-state index < -0.39 is 5.60 Å². The monoisotopic (exact) mass is 315 g/mol. The minimum absolute atomic E-state index is 0.224. The van der Waals surface area contributed by atoms with Crippen LogP contribution < -0.4 is 0 Å². The molecule has 0 radical (unpaired) electrons. The highest BCUT2D eigenvalue weighted by Gasteiger charge is 2.24. The molecular formula is C14H19BrFNO. The van der Waals surface area contributed by atoms with Gasteiger partial charge in [-0.1, -0.05) is 6.07 Å². The largest absolute Gasteiger partial charge is 0.390 e. The molecule has 0 aliphatic carbocycles. The lowest BCUT2D eigenvalue weighted by Gasteiger charge is -2.22. The number of halogens is 2. The molecule has 18 heavy (non-hydrogen) atoms. The molecule has 1 aliphatic rings. The zero-order valence-electron chi connectivity index (χ0n) is 10.6. The van der Waals surface area contributed by atoms with Gasteiger partial charge in [0.25, 0.3) is 0 Å². The molecule has 1 saturated heterocycles. The predicted molar refractivity (Wildman–Crippen MR) is 73.9 cm³/mol. The van der Waals surface area contributed by atoms with E-state index in [4.69, 9.17) is 0 Å². The van der Waals surface area contributed by atoms with Gasteiger partial charge in [0, 0.05) is 13.1 Å². The standard InChI is InChI=1S/C14H19BrFNO/c1-14(18)5-2-7-17(8-6-14)10-11-3-4-13(16)12(15)9-11/h3-4,9,18H,2,5-8,10H2,1H3. The van der Waals surface area contributed by atoms with Gasteiger partial charge in [-0.2, -0.15) is 0 Å². The van der Waals surface area contributed by atoms with Crippen molar-refractivity contribution in [1.29, 1.82) is 0 Å². The first-order valence-electron chi connectivity index (χ1n) is 6.35. The van der Waals surface area contributed by atoms with Crippen molar-refractivity contribution in [3.63, 3.8) is 0 Å². The van der Waals surface area contributed by atoms with Crippen molar-refractivity contribution < 1.29 is 9.50 Å². The van der Waals surface area contributed by atoms with Crippen LogP contribution in [-0.2, 0) is 6.54 Å². The maximum Gasteiger partial charge on any atom is 0.137 e. The van der Waals surface area contributed by atoms with Crippen LogP contribution in [0.15, 0.2) is 22.7 Å². The van der Waals surface area contributed by atoms with Crippen LogP contribution in [0.25, 0.3) is 0 Å². The zero-order chi connectivity index (χ0) is 13.2. The number of nitrogens with zero attached hydrogens (tertiary/aromatic N) is 1. The first-order chi connectivity index (χ1) is 8.46. The molecule has 1 atom stereocenters. The zero-order valence-corrected chi connectivity index (χ0v) is 12.2. The Hall–Kier alpha value is -0.450. The van der Waals surface area contributed by atoms with Crippen LogP contribution in [0.3, 0.4) is 0 Å². The van der Waals surface area contributed by atoms with Gasteiger partial charge in [-0.3, -0.25) is 4.90 Å². The quantitative estimate of drug-likeness (QED) is 0.905. The minimum atomic E-state index is -0.530. The van der Waals surface area contributed by atoms with E-state index in [0.717, 1.165) is 44.5 Å². The highest BCUT2D eigenvalue weighted by molar-refractivity contribution is 9.10. The van der Waals surface area contributed by atoms with E-state index in [9.17, 15) is 9.50 Å². The van der Waals surface area contributed by atoms with E-state index in [-0.39, 0.29) is 5.82 Å². The highest BCUT2D eigenvalue weighted by atomic mass is 79.9. The number of rotatable bonds is 2. The first kappa shape index (κ1) is 14.0. The summed E-state index contributed by atoms with van der Waals surface area (Å²) in [5.41, 5.74) is 0.572. The van der Waals surface area contributed by atoms with Crippen LogP contribution in [-0.4, -0.2) is 28.7 Å². The lowest BCUT2D eigenvalue weighted by Crippen LogP contribution is -2.28. The van der Waals surface area contributed by atoms with Gasteiger partial charge in [-0.25, -0.2) is 4.39 Å². The van der Waals surface area contributed by atoms with Crippen molar-refractivity contribution >= 4 is 15.9 Å². The Morgan fingerprint density at radius 2 is 2.17 bits per heavy atom. The van der Waals surface area contributed by atoms with Gasteiger partial charge in [-0.15, -0.1) is 0 Å². The highest BCUT2D eigenvalue weighted by Crippen LogP contribution is 2.23. The fraction of sp³-hybridized carbons (Fsp3) is 0.571. The second-order valence-corrected chi connectivity index (χ2v) is 6.23. The molecule has 2 rings (SSSR count). The average molecular weight is 316 g/mol. The van der Waals surface area contributed by atoms with Gasteiger partial charge < -0.3 is 5.11 Å². The molecule has 1 heterocycles. The maximum atomic E-state index is 13.2. The fourth-order valence-electron chi connectivity index (χ4n) is 2.37. The van der Waals surface area contributed by atoms with Crippen molar-refractivity contribution in [1.82, 2.24) is 4.90 Å². The molecule has 1 aliphatic heterocycles. The topological polar surface area (TPSA) is 23.5 Å². The Labute approximate surface area is 116 Å². The van der Waals surface area contributed by atoms with Crippen molar-refractivity contribution in [2.24, 2.45) is 0 Å². The number of hydrogen-bond acceptors (Lipinski definition) is 2. The lowest BCUT2D eigenvalue weighted by atomic mass is 9.98.